The highest BCUT2D eigenvalue weighted by Crippen LogP contribution is 2.30. The van der Waals surface area contributed by atoms with Crippen LogP contribution in [0, 0.1) is 0 Å². The largest absolute Gasteiger partial charge is 0.494 e. The number of pyridine rings is 1. The van der Waals surface area contributed by atoms with E-state index in [0.717, 1.165) is 24.2 Å². The van der Waals surface area contributed by atoms with Crippen molar-refractivity contribution in [3.05, 3.63) is 82.6 Å². The maximum Gasteiger partial charge on any atom is 0.263 e. The summed E-state index contributed by atoms with van der Waals surface area (Å²) in [6.07, 6.45) is 11.7. The topological polar surface area (TPSA) is 73.2 Å². The summed E-state index contributed by atoms with van der Waals surface area (Å²) in [7, 11) is 6.35. The van der Waals surface area contributed by atoms with Gasteiger partial charge in [0.25, 0.3) is 5.91 Å². The normalized spacial score (nSPS) is 13.9. The van der Waals surface area contributed by atoms with Crippen molar-refractivity contribution in [2.24, 2.45) is 0 Å². The van der Waals surface area contributed by atoms with Crippen LogP contribution < -0.4 is 29.4 Å². The third-order valence-electron chi connectivity index (χ3n) is 10.2. The molecule has 0 atom stereocenters. The number of amides is 1. The summed E-state index contributed by atoms with van der Waals surface area (Å²) < 4.78 is 21.2. The first-order chi connectivity index (χ1) is 25.2. The molecule has 0 N–H and O–H groups in total. The van der Waals surface area contributed by atoms with Crippen LogP contribution >= 0.6 is 0 Å². The second kappa shape index (κ2) is 18.3. The minimum Gasteiger partial charge on any atom is -0.494 e. The van der Waals surface area contributed by atoms with Crippen molar-refractivity contribution in [3.63, 3.8) is 0 Å². The van der Waals surface area contributed by atoms with E-state index < -0.39 is 0 Å². The zero-order valence-corrected chi connectivity index (χ0v) is 32.3. The molecule has 3 aromatic carbocycles. The molecule has 9 nitrogen and oxygen atoms in total. The van der Waals surface area contributed by atoms with Gasteiger partial charge in [-0.05, 0) is 89.6 Å². The zero-order chi connectivity index (χ0) is 37.1. The number of hydrogen-bond acceptors (Lipinski definition) is 6. The minimum absolute atomic E-state index is 0.0781. The number of carbonyl (C=O) groups excluding carboxylic acids is 1. The summed E-state index contributed by atoms with van der Waals surface area (Å²) in [6, 6.07) is 19.0. The lowest BCUT2D eigenvalue weighted by Gasteiger charge is -2.37. The van der Waals surface area contributed by atoms with Gasteiger partial charge >= 0.3 is 0 Å². The lowest BCUT2D eigenvalue weighted by molar-refractivity contribution is -0.914. The van der Waals surface area contributed by atoms with Crippen molar-refractivity contribution in [1.82, 2.24) is 4.57 Å². The number of piperidine rings is 1. The Morgan fingerprint density at radius 3 is 2.12 bits per heavy atom. The van der Waals surface area contributed by atoms with E-state index >= 15 is 0 Å². The Morgan fingerprint density at radius 2 is 1.44 bits per heavy atom. The quantitative estimate of drug-likeness (QED) is 0.0762. The molecule has 0 unspecified atom stereocenters. The molecule has 0 aliphatic carbocycles. The maximum atomic E-state index is 14.3. The highest BCUT2D eigenvalue weighted by Gasteiger charge is 2.25. The second-order valence-electron chi connectivity index (χ2n) is 14.4. The molecule has 0 radical (unpaired) electrons. The number of hydrogen-bond donors (Lipinski definition) is 0. The van der Waals surface area contributed by atoms with Gasteiger partial charge in [0, 0.05) is 67.9 Å². The standard InChI is InChI=1S/C43H59N4O5/c1-7-45(34-20-18-19-33(27-34)44(4)5)43(49)40-32-46(35-28-37(50-8-2)30-38(29-35)51-9-3)41-31-36(21-22-39(41)42(40)48)52-26-17-12-10-11-14-23-47(6)24-15-13-16-25-47/h18-22,27-32H,7-17,23-26H2,1-6H3/q+1. The highest BCUT2D eigenvalue weighted by molar-refractivity contribution is 6.07. The van der Waals surface area contributed by atoms with Crippen molar-refractivity contribution in [2.45, 2.75) is 72.1 Å². The first kappa shape index (κ1) is 38.7. The fraction of sp³-hybridized carbons (Fsp3) is 0.488. The van der Waals surface area contributed by atoms with Gasteiger partial charge in [-0.1, -0.05) is 18.9 Å². The van der Waals surface area contributed by atoms with E-state index in [1.165, 1.54) is 62.6 Å². The van der Waals surface area contributed by atoms with E-state index in [1.54, 1.807) is 17.2 Å². The van der Waals surface area contributed by atoms with Crippen molar-refractivity contribution < 1.29 is 23.5 Å². The molecular formula is C43H59N4O5+. The summed E-state index contributed by atoms with van der Waals surface area (Å²) >= 11 is 0. The number of benzene rings is 3. The molecule has 0 spiro atoms. The Kier molecular flexibility index (Phi) is 13.6. The number of carbonyl (C=O) groups is 1. The van der Waals surface area contributed by atoms with Gasteiger partial charge in [0.1, 0.15) is 22.8 Å². The smallest absolute Gasteiger partial charge is 0.263 e. The number of fused-ring (bicyclic) bond motifs is 1. The number of anilines is 2. The van der Waals surface area contributed by atoms with Gasteiger partial charge in [-0.25, -0.2) is 0 Å². The molecule has 52 heavy (non-hydrogen) atoms. The fourth-order valence-electron chi connectivity index (χ4n) is 7.30. The van der Waals surface area contributed by atoms with Gasteiger partial charge in [0.15, 0.2) is 0 Å². The third kappa shape index (κ3) is 9.68. The van der Waals surface area contributed by atoms with Crippen molar-refractivity contribution >= 4 is 28.2 Å². The molecule has 0 bridgehead atoms. The third-order valence-corrected chi connectivity index (χ3v) is 10.2. The molecule has 5 rings (SSSR count). The summed E-state index contributed by atoms with van der Waals surface area (Å²) in [5.74, 6) is 1.59. The molecule has 1 aromatic heterocycles. The number of aromatic nitrogens is 1. The summed E-state index contributed by atoms with van der Waals surface area (Å²) in [5.41, 5.74) is 2.80. The highest BCUT2D eigenvalue weighted by atomic mass is 16.5. The molecular weight excluding hydrogens is 652 g/mol. The zero-order valence-electron chi connectivity index (χ0n) is 32.3. The van der Waals surface area contributed by atoms with Crippen LogP contribution in [-0.2, 0) is 0 Å². The molecule has 2 heterocycles. The van der Waals surface area contributed by atoms with Crippen LogP contribution in [-0.4, -0.2) is 82.1 Å². The summed E-state index contributed by atoms with van der Waals surface area (Å²) in [4.78, 5) is 32.1. The Morgan fingerprint density at radius 1 is 0.769 bits per heavy atom. The number of rotatable bonds is 18. The number of likely N-dealkylation sites (tertiary alicyclic amines) is 1. The summed E-state index contributed by atoms with van der Waals surface area (Å²) in [5, 5.41) is 0.432. The SMILES string of the molecule is CCOc1cc(OCC)cc(-n2cc(C(=O)N(CC)c3cccc(N(C)C)c3)c(=O)c3ccc(OCCCCCCC[N+]4(C)CCCCC4)cc32)c1. The average Bonchev–Trinajstić information content (AvgIpc) is 3.13. The molecule has 0 saturated carbocycles. The second-order valence-corrected chi connectivity index (χ2v) is 14.4. The van der Waals surface area contributed by atoms with E-state index in [9.17, 15) is 9.59 Å². The van der Waals surface area contributed by atoms with Crippen molar-refractivity contribution in [1.29, 1.82) is 0 Å². The molecule has 1 fully saturated rings. The van der Waals surface area contributed by atoms with Crippen LogP contribution in [0.2, 0.25) is 0 Å². The van der Waals surface area contributed by atoms with Gasteiger partial charge < -0.3 is 33.1 Å². The fourth-order valence-corrected chi connectivity index (χ4v) is 7.30. The molecule has 4 aromatic rings. The van der Waals surface area contributed by atoms with E-state index in [2.05, 4.69) is 7.05 Å². The predicted octanol–water partition coefficient (Wildman–Crippen LogP) is 8.48. The Bertz CT molecular complexity index is 1820. The van der Waals surface area contributed by atoms with E-state index in [-0.39, 0.29) is 16.9 Å². The number of unbranched alkanes of at least 4 members (excludes halogenated alkanes) is 4. The first-order valence-electron chi connectivity index (χ1n) is 19.3. The lowest BCUT2D eigenvalue weighted by atomic mass is 10.1. The van der Waals surface area contributed by atoms with Crippen LogP contribution in [0.1, 0.15) is 82.5 Å². The monoisotopic (exact) mass is 711 g/mol. The van der Waals surface area contributed by atoms with Gasteiger partial charge in [-0.2, -0.15) is 0 Å². The van der Waals surface area contributed by atoms with E-state index in [1.807, 2.05) is 98.9 Å². The van der Waals surface area contributed by atoms with Gasteiger partial charge in [-0.15, -0.1) is 0 Å². The van der Waals surface area contributed by atoms with Crippen LogP contribution in [0.3, 0.4) is 0 Å². The van der Waals surface area contributed by atoms with E-state index in [4.69, 9.17) is 14.2 Å². The van der Waals surface area contributed by atoms with Gasteiger partial charge in [-0.3, -0.25) is 9.59 Å². The lowest BCUT2D eigenvalue weighted by Crippen LogP contribution is -2.48. The minimum atomic E-state index is -0.364. The molecule has 1 aliphatic heterocycles. The molecule has 1 aliphatic rings. The van der Waals surface area contributed by atoms with Crippen molar-refractivity contribution in [2.75, 3.05) is 76.9 Å². The number of quaternary nitrogens is 1. The van der Waals surface area contributed by atoms with E-state index in [0.29, 0.717) is 60.2 Å². The van der Waals surface area contributed by atoms with Crippen LogP contribution in [0.4, 0.5) is 11.4 Å². The number of ether oxygens (including phenoxy) is 3. The van der Waals surface area contributed by atoms with Crippen molar-refractivity contribution in [3.8, 4) is 22.9 Å². The Hall–Kier alpha value is -4.50. The Balaban J connectivity index is 1.41. The molecule has 280 valence electrons. The first-order valence-corrected chi connectivity index (χ1v) is 19.3. The molecule has 1 amide bonds. The maximum absolute atomic E-state index is 14.3. The van der Waals surface area contributed by atoms with Crippen LogP contribution in [0.5, 0.6) is 17.2 Å². The number of nitrogens with zero attached hydrogens (tertiary/aromatic N) is 4. The van der Waals surface area contributed by atoms with Gasteiger partial charge in [0.2, 0.25) is 5.43 Å². The Labute approximate surface area is 310 Å². The van der Waals surface area contributed by atoms with Crippen LogP contribution in [0.25, 0.3) is 16.6 Å². The predicted molar refractivity (Wildman–Crippen MR) is 213 cm³/mol. The van der Waals surface area contributed by atoms with Gasteiger partial charge in [0.05, 0.1) is 57.7 Å². The van der Waals surface area contributed by atoms with Crippen LogP contribution in [0.15, 0.2) is 71.7 Å². The summed E-state index contributed by atoms with van der Waals surface area (Å²) in [6.45, 7) is 11.7. The molecule has 9 heteroatoms. The average molecular weight is 712 g/mol. The molecule has 1 saturated heterocycles.